The summed E-state index contributed by atoms with van der Waals surface area (Å²) in [4.78, 5) is 12.8. The molecule has 1 unspecified atom stereocenters. The van der Waals surface area contributed by atoms with Gasteiger partial charge in [-0.25, -0.2) is 17.4 Å². The molecule has 0 aliphatic carbocycles. The van der Waals surface area contributed by atoms with Crippen LogP contribution >= 0.6 is 0 Å². The molecule has 2 heterocycles. The minimum Gasteiger partial charge on any atom is -0.347 e. The molecule has 1 N–H and O–H groups in total. The van der Waals surface area contributed by atoms with E-state index in [0.29, 0.717) is 18.7 Å². The lowest BCUT2D eigenvalue weighted by Crippen LogP contribution is -2.49. The topological polar surface area (TPSA) is 97.2 Å². The molecule has 1 saturated heterocycles. The number of nitrogens with one attached hydrogen (secondary N) is 1. The first-order chi connectivity index (χ1) is 14.8. The van der Waals surface area contributed by atoms with E-state index >= 15 is 0 Å². The zero-order valence-electron chi connectivity index (χ0n) is 17.5. The second-order valence-corrected chi connectivity index (χ2v) is 9.76. The zero-order chi connectivity index (χ0) is 22.0. The molecular weight excluding hydrogens is 414 g/mol. The van der Waals surface area contributed by atoms with Gasteiger partial charge in [-0.3, -0.25) is 4.79 Å². The summed E-state index contributed by atoms with van der Waals surface area (Å²) in [6.45, 7) is 2.56. The number of amides is 1. The number of aromatic nitrogens is 3. The average molecular weight is 440 g/mol. The van der Waals surface area contributed by atoms with Crippen molar-refractivity contribution >= 4 is 15.9 Å². The Morgan fingerprint density at radius 3 is 2.42 bits per heavy atom. The molecule has 4 rings (SSSR count). The summed E-state index contributed by atoms with van der Waals surface area (Å²) in [6, 6.07) is 17.7. The Hall–Kier alpha value is -3.04. The van der Waals surface area contributed by atoms with Crippen molar-refractivity contribution < 1.29 is 13.2 Å². The Kier molecular flexibility index (Phi) is 5.88. The summed E-state index contributed by atoms with van der Waals surface area (Å²) in [5.74, 6) is -0.343. The van der Waals surface area contributed by atoms with E-state index in [1.807, 2.05) is 54.6 Å². The predicted molar refractivity (Wildman–Crippen MR) is 118 cm³/mol. The first kappa shape index (κ1) is 21.2. The van der Waals surface area contributed by atoms with E-state index in [1.165, 1.54) is 10.6 Å². The normalized spacial score (nSPS) is 17.4. The average Bonchev–Trinajstić information content (AvgIpc) is 3.15. The summed E-state index contributed by atoms with van der Waals surface area (Å²) >= 11 is 0. The SMILES string of the molecule is Cc1c(C(=O)NC2CCCN(S(C)(=O)=O)C2)nnn1-c1ccc(-c2ccccc2)cc1. The van der Waals surface area contributed by atoms with Crippen molar-refractivity contribution in [2.24, 2.45) is 0 Å². The molecule has 2 aromatic carbocycles. The van der Waals surface area contributed by atoms with Crippen LogP contribution in [0.4, 0.5) is 0 Å². The highest BCUT2D eigenvalue weighted by molar-refractivity contribution is 7.88. The van der Waals surface area contributed by atoms with Crippen LogP contribution in [0, 0.1) is 6.92 Å². The first-order valence-electron chi connectivity index (χ1n) is 10.2. The summed E-state index contributed by atoms with van der Waals surface area (Å²) < 4.78 is 26.6. The van der Waals surface area contributed by atoms with Gasteiger partial charge in [0.1, 0.15) is 0 Å². The Morgan fingerprint density at radius 1 is 1.06 bits per heavy atom. The van der Waals surface area contributed by atoms with Gasteiger partial charge in [0.15, 0.2) is 5.69 Å². The van der Waals surface area contributed by atoms with E-state index in [2.05, 4.69) is 15.6 Å². The molecule has 0 radical (unpaired) electrons. The monoisotopic (exact) mass is 439 g/mol. The molecule has 31 heavy (non-hydrogen) atoms. The van der Waals surface area contributed by atoms with Crippen molar-refractivity contribution in [2.75, 3.05) is 19.3 Å². The van der Waals surface area contributed by atoms with Crippen LogP contribution in [0.25, 0.3) is 16.8 Å². The lowest BCUT2D eigenvalue weighted by Gasteiger charge is -2.31. The first-order valence-corrected chi connectivity index (χ1v) is 12.0. The van der Waals surface area contributed by atoms with E-state index in [4.69, 9.17) is 0 Å². The lowest BCUT2D eigenvalue weighted by atomic mass is 10.1. The second kappa shape index (κ2) is 8.60. The van der Waals surface area contributed by atoms with Gasteiger partial charge >= 0.3 is 0 Å². The van der Waals surface area contributed by atoms with Crippen LogP contribution in [0.3, 0.4) is 0 Å². The van der Waals surface area contributed by atoms with Crippen LogP contribution in [0.15, 0.2) is 54.6 Å². The van der Waals surface area contributed by atoms with Crippen LogP contribution in [0.1, 0.15) is 29.0 Å². The highest BCUT2D eigenvalue weighted by Crippen LogP contribution is 2.21. The highest BCUT2D eigenvalue weighted by Gasteiger charge is 2.28. The third kappa shape index (κ3) is 4.67. The minimum atomic E-state index is -3.27. The molecule has 1 amide bonds. The number of hydrogen-bond acceptors (Lipinski definition) is 5. The van der Waals surface area contributed by atoms with E-state index in [1.54, 1.807) is 11.6 Å². The van der Waals surface area contributed by atoms with Crippen LogP contribution in [-0.2, 0) is 10.0 Å². The van der Waals surface area contributed by atoms with Crippen molar-refractivity contribution in [3.8, 4) is 16.8 Å². The van der Waals surface area contributed by atoms with Gasteiger partial charge in [-0.05, 0) is 43.0 Å². The molecular formula is C22H25N5O3S. The van der Waals surface area contributed by atoms with Gasteiger partial charge in [0, 0.05) is 19.1 Å². The quantitative estimate of drug-likeness (QED) is 0.658. The molecule has 1 aliphatic heterocycles. The summed E-state index contributed by atoms with van der Waals surface area (Å²) in [6.07, 6.45) is 2.62. The summed E-state index contributed by atoms with van der Waals surface area (Å²) in [5.41, 5.74) is 3.89. The van der Waals surface area contributed by atoms with Crippen molar-refractivity contribution in [1.29, 1.82) is 0 Å². The number of carbonyl (C=O) groups is 1. The number of benzene rings is 2. The van der Waals surface area contributed by atoms with Gasteiger partial charge in [0.2, 0.25) is 10.0 Å². The van der Waals surface area contributed by atoms with Crippen LogP contribution in [0.2, 0.25) is 0 Å². The summed E-state index contributed by atoms with van der Waals surface area (Å²) in [7, 11) is -3.27. The summed E-state index contributed by atoms with van der Waals surface area (Å²) in [5, 5.41) is 11.1. The third-order valence-electron chi connectivity index (χ3n) is 5.52. The van der Waals surface area contributed by atoms with Gasteiger partial charge in [-0.2, -0.15) is 0 Å². The fraction of sp³-hybridized carbons (Fsp3) is 0.318. The van der Waals surface area contributed by atoms with E-state index in [9.17, 15) is 13.2 Å². The largest absolute Gasteiger partial charge is 0.347 e. The van der Waals surface area contributed by atoms with Crippen LogP contribution in [0.5, 0.6) is 0 Å². The smallest absolute Gasteiger partial charge is 0.274 e. The number of rotatable bonds is 5. The minimum absolute atomic E-state index is 0.239. The Bertz CT molecular complexity index is 1170. The molecule has 9 heteroatoms. The van der Waals surface area contributed by atoms with Crippen molar-refractivity contribution in [3.63, 3.8) is 0 Å². The van der Waals surface area contributed by atoms with Crippen molar-refractivity contribution in [3.05, 3.63) is 66.0 Å². The standard InChI is InChI=1S/C22H25N5O3S/c1-16-21(22(28)23-19-9-6-14-26(15-19)31(2,29)30)24-25-27(16)20-12-10-18(11-13-20)17-7-4-3-5-8-17/h3-5,7-8,10-13,19H,6,9,14-15H2,1-2H3,(H,23,28). The predicted octanol–water partition coefficient (Wildman–Crippen LogP) is 2.40. The molecule has 8 nitrogen and oxygen atoms in total. The molecule has 0 saturated carbocycles. The Morgan fingerprint density at radius 2 is 1.74 bits per heavy atom. The van der Waals surface area contributed by atoms with Crippen molar-refractivity contribution in [2.45, 2.75) is 25.8 Å². The third-order valence-corrected chi connectivity index (χ3v) is 6.79. The van der Waals surface area contributed by atoms with Gasteiger partial charge in [-0.15, -0.1) is 5.10 Å². The van der Waals surface area contributed by atoms with Crippen LogP contribution < -0.4 is 5.32 Å². The number of carbonyl (C=O) groups excluding carboxylic acids is 1. The second-order valence-electron chi connectivity index (χ2n) is 7.78. The number of piperidine rings is 1. The number of hydrogen-bond donors (Lipinski definition) is 1. The van der Waals surface area contributed by atoms with Gasteiger partial charge in [0.25, 0.3) is 5.91 Å². The molecule has 3 aromatic rings. The van der Waals surface area contributed by atoms with E-state index in [-0.39, 0.29) is 24.2 Å². The van der Waals surface area contributed by atoms with Gasteiger partial charge < -0.3 is 5.32 Å². The van der Waals surface area contributed by atoms with E-state index < -0.39 is 10.0 Å². The van der Waals surface area contributed by atoms with Gasteiger partial charge in [-0.1, -0.05) is 47.7 Å². The van der Waals surface area contributed by atoms with E-state index in [0.717, 1.165) is 23.2 Å². The zero-order valence-corrected chi connectivity index (χ0v) is 18.3. The van der Waals surface area contributed by atoms with Gasteiger partial charge in [0.05, 0.1) is 17.6 Å². The molecule has 1 aliphatic rings. The molecule has 1 aromatic heterocycles. The maximum Gasteiger partial charge on any atom is 0.274 e. The van der Waals surface area contributed by atoms with Crippen molar-refractivity contribution in [1.82, 2.24) is 24.6 Å². The number of sulfonamides is 1. The molecule has 0 spiro atoms. The highest BCUT2D eigenvalue weighted by atomic mass is 32.2. The fourth-order valence-corrected chi connectivity index (χ4v) is 4.74. The number of nitrogens with zero attached hydrogens (tertiary/aromatic N) is 4. The maximum atomic E-state index is 12.8. The molecule has 1 fully saturated rings. The molecule has 162 valence electrons. The van der Waals surface area contributed by atoms with Crippen LogP contribution in [-0.4, -0.2) is 59.0 Å². The molecule has 1 atom stereocenters. The molecule has 0 bridgehead atoms. The maximum absolute atomic E-state index is 12.8. The lowest BCUT2D eigenvalue weighted by molar-refractivity contribution is 0.0915. The fourth-order valence-electron chi connectivity index (χ4n) is 3.83. The Balaban J connectivity index is 1.48. The Labute approximate surface area is 181 Å².